The number of rotatable bonds is 5. The van der Waals surface area contributed by atoms with Crippen LogP contribution in [0.2, 0.25) is 5.02 Å². The van der Waals surface area contributed by atoms with E-state index in [0.29, 0.717) is 12.4 Å². The van der Waals surface area contributed by atoms with Gasteiger partial charge in [0.25, 0.3) is 0 Å². The lowest BCUT2D eigenvalue weighted by Crippen LogP contribution is -2.25. The van der Waals surface area contributed by atoms with Gasteiger partial charge in [-0.25, -0.2) is 4.79 Å². The van der Waals surface area contributed by atoms with Gasteiger partial charge in [0, 0.05) is 6.54 Å². The van der Waals surface area contributed by atoms with Crippen molar-refractivity contribution in [2.45, 2.75) is 12.8 Å². The molecule has 1 aliphatic heterocycles. The van der Waals surface area contributed by atoms with E-state index in [0.717, 1.165) is 19.6 Å². The van der Waals surface area contributed by atoms with Crippen molar-refractivity contribution >= 4 is 17.6 Å². The van der Waals surface area contributed by atoms with Gasteiger partial charge in [-0.3, -0.25) is 4.90 Å². The molecule has 0 amide bonds. The standard InChI is InChI=1S/C13H16ClNO3/c14-12-4-3-10(9-11(12)13(16)17)18-8-7-15-5-1-2-6-15/h3-4,9H,1-2,5-8H2,(H,16,17). The number of hydrogen-bond donors (Lipinski definition) is 1. The molecular formula is C13H16ClNO3. The highest BCUT2D eigenvalue weighted by Crippen LogP contribution is 2.22. The number of ether oxygens (including phenoxy) is 1. The molecule has 4 nitrogen and oxygen atoms in total. The summed E-state index contributed by atoms with van der Waals surface area (Å²) in [5.41, 5.74) is 0.0790. The maximum absolute atomic E-state index is 10.9. The number of aromatic carboxylic acids is 1. The highest BCUT2D eigenvalue weighted by molar-refractivity contribution is 6.33. The monoisotopic (exact) mass is 269 g/mol. The molecule has 0 aliphatic carbocycles. The summed E-state index contributed by atoms with van der Waals surface area (Å²) in [5, 5.41) is 9.17. The van der Waals surface area contributed by atoms with Crippen molar-refractivity contribution < 1.29 is 14.6 Å². The predicted octanol–water partition coefficient (Wildman–Crippen LogP) is 2.51. The summed E-state index contributed by atoms with van der Waals surface area (Å²) >= 11 is 5.78. The van der Waals surface area contributed by atoms with Gasteiger partial charge < -0.3 is 9.84 Å². The van der Waals surface area contributed by atoms with Gasteiger partial charge in [-0.1, -0.05) is 11.6 Å². The van der Waals surface area contributed by atoms with E-state index in [1.165, 1.54) is 18.9 Å². The zero-order chi connectivity index (χ0) is 13.0. The van der Waals surface area contributed by atoms with Crippen LogP contribution in [-0.4, -0.2) is 42.2 Å². The first-order chi connectivity index (χ1) is 8.66. The molecule has 0 unspecified atom stereocenters. The summed E-state index contributed by atoms with van der Waals surface area (Å²) in [7, 11) is 0. The topological polar surface area (TPSA) is 49.8 Å². The van der Waals surface area contributed by atoms with Crippen LogP contribution >= 0.6 is 11.6 Å². The van der Waals surface area contributed by atoms with Gasteiger partial charge in [-0.15, -0.1) is 0 Å². The third kappa shape index (κ3) is 3.37. The molecule has 1 heterocycles. The van der Waals surface area contributed by atoms with Gasteiger partial charge in [-0.05, 0) is 44.1 Å². The van der Waals surface area contributed by atoms with E-state index in [1.807, 2.05) is 0 Å². The normalized spacial score (nSPS) is 15.8. The van der Waals surface area contributed by atoms with E-state index in [2.05, 4.69) is 4.90 Å². The Hall–Kier alpha value is -1.26. The van der Waals surface area contributed by atoms with Gasteiger partial charge >= 0.3 is 5.97 Å². The molecule has 0 bridgehead atoms. The van der Waals surface area contributed by atoms with Gasteiger partial charge in [0.15, 0.2) is 0 Å². The fourth-order valence-corrected chi connectivity index (χ4v) is 2.26. The molecule has 0 atom stereocenters. The number of carboxylic acid groups (broad SMARTS) is 1. The van der Waals surface area contributed by atoms with Gasteiger partial charge in [0.1, 0.15) is 12.4 Å². The highest BCUT2D eigenvalue weighted by atomic mass is 35.5. The lowest BCUT2D eigenvalue weighted by atomic mass is 10.2. The number of carboxylic acids is 1. The molecule has 0 saturated carbocycles. The third-order valence-corrected chi connectivity index (χ3v) is 3.37. The van der Waals surface area contributed by atoms with Crippen LogP contribution in [0.1, 0.15) is 23.2 Å². The van der Waals surface area contributed by atoms with Crippen molar-refractivity contribution in [3.63, 3.8) is 0 Å². The van der Waals surface area contributed by atoms with Crippen LogP contribution in [0.15, 0.2) is 18.2 Å². The predicted molar refractivity (Wildman–Crippen MR) is 69.6 cm³/mol. The molecule has 1 aromatic rings. The number of carbonyl (C=O) groups is 1. The Balaban J connectivity index is 1.88. The van der Waals surface area contributed by atoms with Crippen LogP contribution in [-0.2, 0) is 0 Å². The van der Waals surface area contributed by atoms with Crippen LogP contribution in [0.25, 0.3) is 0 Å². The average Bonchev–Trinajstić information content (AvgIpc) is 2.84. The molecule has 0 aromatic heterocycles. The summed E-state index contributed by atoms with van der Waals surface area (Å²) in [6.07, 6.45) is 2.51. The molecule has 98 valence electrons. The Labute approximate surface area is 111 Å². The summed E-state index contributed by atoms with van der Waals surface area (Å²) < 4.78 is 5.55. The fraction of sp³-hybridized carbons (Fsp3) is 0.462. The zero-order valence-corrected chi connectivity index (χ0v) is 10.8. The maximum atomic E-state index is 10.9. The van der Waals surface area contributed by atoms with E-state index < -0.39 is 5.97 Å². The van der Waals surface area contributed by atoms with Crippen LogP contribution in [0.5, 0.6) is 5.75 Å². The summed E-state index contributed by atoms with van der Waals surface area (Å²) in [6.45, 7) is 3.71. The van der Waals surface area contributed by atoms with Gasteiger partial charge in [-0.2, -0.15) is 0 Å². The summed E-state index contributed by atoms with van der Waals surface area (Å²) in [6, 6.07) is 4.71. The molecule has 1 fully saturated rings. The number of halogens is 1. The minimum Gasteiger partial charge on any atom is -0.492 e. The second-order valence-electron chi connectivity index (χ2n) is 4.34. The van der Waals surface area contributed by atoms with Crippen LogP contribution in [0.3, 0.4) is 0 Å². The smallest absolute Gasteiger partial charge is 0.337 e. The summed E-state index contributed by atoms with van der Waals surface area (Å²) in [5.74, 6) is -0.485. The Morgan fingerprint density at radius 2 is 2.11 bits per heavy atom. The van der Waals surface area contributed by atoms with E-state index in [9.17, 15) is 4.79 Å². The summed E-state index contributed by atoms with van der Waals surface area (Å²) in [4.78, 5) is 13.2. The van der Waals surface area contributed by atoms with Crippen molar-refractivity contribution in [3.8, 4) is 5.75 Å². The van der Waals surface area contributed by atoms with Crippen molar-refractivity contribution in [1.82, 2.24) is 4.90 Å². The van der Waals surface area contributed by atoms with Crippen molar-refractivity contribution in [2.24, 2.45) is 0 Å². The molecule has 5 heteroatoms. The van der Waals surface area contributed by atoms with Crippen LogP contribution in [0.4, 0.5) is 0 Å². The van der Waals surface area contributed by atoms with E-state index >= 15 is 0 Å². The largest absolute Gasteiger partial charge is 0.492 e. The van der Waals surface area contributed by atoms with Gasteiger partial charge in [0.2, 0.25) is 0 Å². The zero-order valence-electron chi connectivity index (χ0n) is 10.1. The van der Waals surface area contributed by atoms with E-state index in [1.54, 1.807) is 12.1 Å². The SMILES string of the molecule is O=C(O)c1cc(OCCN2CCCC2)ccc1Cl. The molecule has 1 N–H and O–H groups in total. The third-order valence-electron chi connectivity index (χ3n) is 3.04. The molecular weight excluding hydrogens is 254 g/mol. The number of nitrogens with zero attached hydrogens (tertiary/aromatic N) is 1. The molecule has 2 rings (SSSR count). The highest BCUT2D eigenvalue weighted by Gasteiger charge is 2.12. The average molecular weight is 270 g/mol. The molecule has 1 aliphatic rings. The lowest BCUT2D eigenvalue weighted by molar-refractivity contribution is 0.0696. The minimum atomic E-state index is -1.04. The first-order valence-corrected chi connectivity index (χ1v) is 6.42. The van der Waals surface area contributed by atoms with Crippen molar-refractivity contribution in [2.75, 3.05) is 26.2 Å². The quantitative estimate of drug-likeness (QED) is 0.892. The van der Waals surface area contributed by atoms with Crippen LogP contribution < -0.4 is 4.74 Å². The first kappa shape index (κ1) is 13.2. The van der Waals surface area contributed by atoms with Gasteiger partial charge in [0.05, 0.1) is 10.6 Å². The second kappa shape index (κ2) is 6.07. The van der Waals surface area contributed by atoms with E-state index in [-0.39, 0.29) is 10.6 Å². The Bertz CT molecular complexity index is 430. The van der Waals surface area contributed by atoms with Crippen molar-refractivity contribution in [1.29, 1.82) is 0 Å². The second-order valence-corrected chi connectivity index (χ2v) is 4.75. The maximum Gasteiger partial charge on any atom is 0.337 e. The molecule has 0 spiro atoms. The molecule has 1 aromatic carbocycles. The molecule has 18 heavy (non-hydrogen) atoms. The fourth-order valence-electron chi connectivity index (χ4n) is 2.06. The van der Waals surface area contributed by atoms with E-state index in [4.69, 9.17) is 21.4 Å². The number of hydrogen-bond acceptors (Lipinski definition) is 3. The number of benzene rings is 1. The first-order valence-electron chi connectivity index (χ1n) is 6.05. The van der Waals surface area contributed by atoms with Crippen LogP contribution in [0, 0.1) is 0 Å². The number of likely N-dealkylation sites (tertiary alicyclic amines) is 1. The Morgan fingerprint density at radius 1 is 1.39 bits per heavy atom. The lowest BCUT2D eigenvalue weighted by Gasteiger charge is -2.15. The van der Waals surface area contributed by atoms with Crippen molar-refractivity contribution in [3.05, 3.63) is 28.8 Å². The Morgan fingerprint density at radius 3 is 2.78 bits per heavy atom. The minimum absolute atomic E-state index is 0.0790. The molecule has 0 radical (unpaired) electrons. The molecule has 1 saturated heterocycles. The Kier molecular flexibility index (Phi) is 4.44.